The molecule has 0 rings (SSSR count). The summed E-state index contributed by atoms with van der Waals surface area (Å²) in [6.07, 6.45) is 21.2. The zero-order chi connectivity index (χ0) is 19.4. The minimum absolute atomic E-state index is 0. The number of allylic oxidation sites excluding steroid dienone is 2. The van der Waals surface area contributed by atoms with Gasteiger partial charge in [0.05, 0.1) is 0 Å². The van der Waals surface area contributed by atoms with Crippen LogP contribution in [-0.4, -0.2) is 55.3 Å². The molecule has 0 aromatic carbocycles. The standard InChI is InChI=1S/C18H34O2.Na.H3O4P.H/c1-2-3-4-5-6-7-8-9-10-11-12-13-14-15-16-17-18(19)20;;1-5(2,3)4;/h9-10H,2-8,11-17H2,1H3,(H,19,20);;(H3,1,2,3,4);/b10-9-;;;. The van der Waals surface area contributed by atoms with Crippen molar-refractivity contribution in [3.8, 4) is 0 Å². The van der Waals surface area contributed by atoms with Gasteiger partial charge in [0.25, 0.3) is 0 Å². The van der Waals surface area contributed by atoms with Gasteiger partial charge in [0, 0.05) is 6.42 Å². The van der Waals surface area contributed by atoms with Crippen LogP contribution in [0.15, 0.2) is 12.2 Å². The maximum atomic E-state index is 10.3. The van der Waals surface area contributed by atoms with E-state index >= 15 is 0 Å². The first-order chi connectivity index (χ1) is 11.8. The summed E-state index contributed by atoms with van der Waals surface area (Å²) in [5.41, 5.74) is 0. The van der Waals surface area contributed by atoms with Gasteiger partial charge >= 0.3 is 43.3 Å². The Balaban J connectivity index is -0.000000772. The van der Waals surface area contributed by atoms with E-state index in [9.17, 15) is 4.79 Å². The van der Waals surface area contributed by atoms with Gasteiger partial charge in [-0.25, -0.2) is 4.57 Å². The molecule has 0 spiro atoms. The van der Waals surface area contributed by atoms with Crippen LogP contribution in [0, 0.1) is 0 Å². The molecule has 0 fully saturated rings. The predicted octanol–water partition coefficient (Wildman–Crippen LogP) is 4.53. The van der Waals surface area contributed by atoms with Crippen molar-refractivity contribution in [1.82, 2.24) is 0 Å². The number of aliphatic carboxylic acids is 1. The van der Waals surface area contributed by atoms with E-state index < -0.39 is 13.8 Å². The molecule has 0 atom stereocenters. The van der Waals surface area contributed by atoms with E-state index in [2.05, 4.69) is 19.1 Å². The summed E-state index contributed by atoms with van der Waals surface area (Å²) in [4.78, 5) is 31.9. The van der Waals surface area contributed by atoms with Crippen LogP contribution in [0.2, 0.25) is 0 Å². The summed E-state index contributed by atoms with van der Waals surface area (Å²) < 4.78 is 8.88. The molecule has 0 aliphatic rings. The van der Waals surface area contributed by atoms with Gasteiger partial charge in [-0.2, -0.15) is 0 Å². The summed E-state index contributed by atoms with van der Waals surface area (Å²) >= 11 is 0. The molecule has 0 aliphatic carbocycles. The van der Waals surface area contributed by atoms with Gasteiger partial charge < -0.3 is 19.8 Å². The van der Waals surface area contributed by atoms with E-state index in [-0.39, 0.29) is 29.6 Å². The second kappa shape index (κ2) is 23.4. The summed E-state index contributed by atoms with van der Waals surface area (Å²) in [6.45, 7) is 2.26. The third-order valence-corrected chi connectivity index (χ3v) is 3.65. The number of rotatable bonds is 15. The average Bonchev–Trinajstić information content (AvgIpc) is 2.49. The van der Waals surface area contributed by atoms with Crippen molar-refractivity contribution in [2.24, 2.45) is 0 Å². The summed E-state index contributed by atoms with van der Waals surface area (Å²) in [6, 6.07) is 0. The van der Waals surface area contributed by atoms with Crippen LogP contribution < -0.4 is 0 Å². The Labute approximate surface area is 181 Å². The number of carboxylic acid groups (broad SMARTS) is 1. The molecule has 0 saturated carbocycles. The zero-order valence-corrected chi connectivity index (χ0v) is 16.5. The van der Waals surface area contributed by atoms with E-state index in [1.54, 1.807) is 0 Å². The summed E-state index contributed by atoms with van der Waals surface area (Å²) in [5.74, 6) is -0.664. The van der Waals surface area contributed by atoms with Crippen molar-refractivity contribution in [2.75, 3.05) is 0 Å². The normalized spacial score (nSPS) is 10.9. The molecule has 0 aliphatic heterocycles. The molecular formula is C18H38NaO6P. The molecule has 0 amide bonds. The van der Waals surface area contributed by atoms with Gasteiger partial charge in [0.2, 0.25) is 0 Å². The van der Waals surface area contributed by atoms with E-state index in [0.29, 0.717) is 6.42 Å². The third-order valence-electron chi connectivity index (χ3n) is 3.65. The summed E-state index contributed by atoms with van der Waals surface area (Å²) in [7, 11) is -4.64. The van der Waals surface area contributed by atoms with Crippen LogP contribution in [0.1, 0.15) is 96.8 Å². The van der Waals surface area contributed by atoms with Gasteiger partial charge in [-0.3, -0.25) is 4.79 Å². The van der Waals surface area contributed by atoms with E-state index in [1.807, 2.05) is 0 Å². The Bertz CT molecular complexity index is 362. The Morgan fingerprint density at radius 2 is 1.12 bits per heavy atom. The van der Waals surface area contributed by atoms with Crippen LogP contribution in [0.4, 0.5) is 0 Å². The van der Waals surface area contributed by atoms with Crippen molar-refractivity contribution < 1.29 is 29.1 Å². The molecule has 0 heterocycles. The monoisotopic (exact) mass is 404 g/mol. The number of hydrogen-bond acceptors (Lipinski definition) is 2. The number of hydrogen-bond donors (Lipinski definition) is 4. The number of phosphoric acid groups is 1. The SMILES string of the molecule is CCCCCCCC/C=C\CCCCCCCC(=O)O.O=P(O)(O)O.[NaH]. The Hall–Kier alpha value is 0.320. The predicted molar refractivity (Wildman–Crippen MR) is 108 cm³/mol. The van der Waals surface area contributed by atoms with Crippen LogP contribution in [-0.2, 0) is 9.36 Å². The fourth-order valence-electron chi connectivity index (χ4n) is 2.35. The first-order valence-corrected chi connectivity index (χ1v) is 11.0. The van der Waals surface area contributed by atoms with Gasteiger partial charge in [-0.15, -0.1) is 0 Å². The van der Waals surface area contributed by atoms with Crippen molar-refractivity contribution in [2.45, 2.75) is 96.8 Å². The average molecular weight is 404 g/mol. The Kier molecular flexibility index (Phi) is 27.9. The molecule has 0 saturated heterocycles. The molecule has 0 aromatic rings. The molecule has 4 N–H and O–H groups in total. The number of unbranched alkanes of at least 4 members (excludes halogenated alkanes) is 11. The fraction of sp³-hybridized carbons (Fsp3) is 0.833. The van der Waals surface area contributed by atoms with E-state index in [1.165, 1.54) is 70.6 Å². The molecular weight excluding hydrogens is 366 g/mol. The first kappa shape index (κ1) is 31.0. The van der Waals surface area contributed by atoms with Crippen LogP contribution >= 0.6 is 7.82 Å². The third kappa shape index (κ3) is 44.1. The second-order valence-electron chi connectivity index (χ2n) is 6.24. The molecule has 0 unspecified atom stereocenters. The number of carboxylic acids is 1. The van der Waals surface area contributed by atoms with Gasteiger partial charge in [-0.05, 0) is 32.1 Å². The molecule has 0 radical (unpaired) electrons. The topological polar surface area (TPSA) is 115 Å². The molecule has 0 aromatic heterocycles. The quantitative estimate of drug-likeness (QED) is 0.138. The molecule has 26 heavy (non-hydrogen) atoms. The van der Waals surface area contributed by atoms with Crippen LogP contribution in [0.5, 0.6) is 0 Å². The van der Waals surface area contributed by atoms with Crippen LogP contribution in [0.25, 0.3) is 0 Å². The summed E-state index contributed by atoms with van der Waals surface area (Å²) in [5, 5.41) is 8.51. The van der Waals surface area contributed by atoms with Crippen molar-refractivity contribution in [1.29, 1.82) is 0 Å². The Morgan fingerprint density at radius 3 is 1.50 bits per heavy atom. The first-order valence-electron chi connectivity index (χ1n) is 9.42. The Morgan fingerprint density at radius 1 is 0.769 bits per heavy atom. The van der Waals surface area contributed by atoms with Crippen molar-refractivity contribution in [3.05, 3.63) is 12.2 Å². The van der Waals surface area contributed by atoms with E-state index in [0.717, 1.165) is 12.8 Å². The van der Waals surface area contributed by atoms with Gasteiger partial charge in [0.15, 0.2) is 0 Å². The van der Waals surface area contributed by atoms with Crippen molar-refractivity contribution >= 4 is 43.3 Å². The molecule has 0 bridgehead atoms. The zero-order valence-electron chi connectivity index (χ0n) is 15.6. The minimum atomic E-state index is -4.64. The van der Waals surface area contributed by atoms with Gasteiger partial charge in [-0.1, -0.05) is 70.4 Å². The second-order valence-corrected chi connectivity index (χ2v) is 7.27. The molecule has 6 nitrogen and oxygen atoms in total. The van der Waals surface area contributed by atoms with Crippen molar-refractivity contribution in [3.63, 3.8) is 0 Å². The fourth-order valence-corrected chi connectivity index (χ4v) is 2.35. The van der Waals surface area contributed by atoms with E-state index in [4.69, 9.17) is 24.4 Å². The number of carbonyl (C=O) groups is 1. The molecule has 152 valence electrons. The molecule has 8 heteroatoms. The maximum absolute atomic E-state index is 10.3. The van der Waals surface area contributed by atoms with Crippen LogP contribution in [0.3, 0.4) is 0 Å². The van der Waals surface area contributed by atoms with Gasteiger partial charge in [0.1, 0.15) is 0 Å².